The smallest absolute Gasteiger partial charge is 0.0682 e. The van der Waals surface area contributed by atoms with Gasteiger partial charge in [-0.2, -0.15) is 0 Å². The molecule has 2 aromatic rings. The van der Waals surface area contributed by atoms with Crippen LogP contribution in [-0.4, -0.2) is 5.11 Å². The van der Waals surface area contributed by atoms with Crippen LogP contribution in [0, 0.1) is 0 Å². The summed E-state index contributed by atoms with van der Waals surface area (Å²) in [6.07, 6.45) is 0. The Morgan fingerprint density at radius 1 is 1.00 bits per heavy atom. The zero-order valence-electron chi connectivity index (χ0n) is 8.15. The van der Waals surface area contributed by atoms with Crippen molar-refractivity contribution in [2.24, 2.45) is 0 Å². The van der Waals surface area contributed by atoms with Gasteiger partial charge in [0.05, 0.1) is 6.61 Å². The Morgan fingerprint density at radius 3 is 2.40 bits per heavy atom. The Morgan fingerprint density at radius 2 is 1.73 bits per heavy atom. The molecule has 0 aromatic heterocycles. The number of aliphatic hydroxyl groups excluding tert-OH is 1. The second-order valence-corrected chi connectivity index (χ2v) is 3.75. The van der Waals surface area contributed by atoms with Crippen molar-refractivity contribution in [3.63, 3.8) is 0 Å². The molecule has 0 atom stereocenters. The van der Waals surface area contributed by atoms with Crippen LogP contribution in [-0.2, 0) is 6.61 Å². The van der Waals surface area contributed by atoms with Gasteiger partial charge in [-0.1, -0.05) is 48.0 Å². The monoisotopic (exact) mass is 218 g/mol. The van der Waals surface area contributed by atoms with Crippen molar-refractivity contribution in [1.29, 1.82) is 0 Å². The highest BCUT2D eigenvalue weighted by atomic mass is 35.5. The average molecular weight is 219 g/mol. The largest absolute Gasteiger partial charge is 0.392 e. The fourth-order valence-electron chi connectivity index (χ4n) is 1.51. The Labute approximate surface area is 94.0 Å². The van der Waals surface area contributed by atoms with Gasteiger partial charge >= 0.3 is 0 Å². The van der Waals surface area contributed by atoms with E-state index in [1.165, 1.54) is 0 Å². The minimum absolute atomic E-state index is 0.0387. The van der Waals surface area contributed by atoms with Crippen molar-refractivity contribution < 1.29 is 5.11 Å². The minimum Gasteiger partial charge on any atom is -0.392 e. The predicted octanol–water partition coefficient (Wildman–Crippen LogP) is 3.50. The molecule has 76 valence electrons. The first-order chi connectivity index (χ1) is 7.31. The van der Waals surface area contributed by atoms with Gasteiger partial charge in [-0.15, -0.1) is 0 Å². The van der Waals surface area contributed by atoms with E-state index in [-0.39, 0.29) is 6.61 Å². The first-order valence-electron chi connectivity index (χ1n) is 4.76. The summed E-state index contributed by atoms with van der Waals surface area (Å²) in [5, 5.41) is 9.76. The van der Waals surface area contributed by atoms with E-state index in [0.29, 0.717) is 5.02 Å². The van der Waals surface area contributed by atoms with Crippen molar-refractivity contribution in [1.82, 2.24) is 0 Å². The number of hydrogen-bond donors (Lipinski definition) is 1. The molecule has 2 rings (SSSR count). The van der Waals surface area contributed by atoms with E-state index in [1.54, 1.807) is 0 Å². The van der Waals surface area contributed by atoms with Gasteiger partial charge in [0.2, 0.25) is 0 Å². The molecular formula is C13H11ClO. The van der Waals surface area contributed by atoms with Gasteiger partial charge in [-0.05, 0) is 23.3 Å². The summed E-state index contributed by atoms with van der Waals surface area (Å²) in [6.45, 7) is 0.0387. The zero-order chi connectivity index (χ0) is 10.7. The molecule has 0 unspecified atom stereocenters. The molecule has 0 saturated heterocycles. The molecule has 0 aliphatic rings. The van der Waals surface area contributed by atoms with Crippen molar-refractivity contribution in [2.75, 3.05) is 0 Å². The number of hydrogen-bond acceptors (Lipinski definition) is 1. The summed E-state index contributed by atoms with van der Waals surface area (Å²) in [5.74, 6) is 0. The number of rotatable bonds is 2. The van der Waals surface area contributed by atoms with Gasteiger partial charge in [0.15, 0.2) is 0 Å². The second kappa shape index (κ2) is 4.47. The van der Waals surface area contributed by atoms with Gasteiger partial charge in [0.1, 0.15) is 0 Å². The van der Waals surface area contributed by atoms with Crippen LogP contribution in [0.15, 0.2) is 48.5 Å². The molecule has 0 saturated carbocycles. The molecule has 1 N–H and O–H groups in total. The van der Waals surface area contributed by atoms with E-state index >= 15 is 0 Å². The number of halogens is 1. The Hall–Kier alpha value is -1.31. The van der Waals surface area contributed by atoms with Crippen molar-refractivity contribution in [3.8, 4) is 11.1 Å². The van der Waals surface area contributed by atoms with E-state index in [1.807, 2.05) is 48.5 Å². The summed E-state index contributed by atoms with van der Waals surface area (Å²) < 4.78 is 0. The van der Waals surface area contributed by atoms with Crippen LogP contribution in [0.5, 0.6) is 0 Å². The van der Waals surface area contributed by atoms with Crippen molar-refractivity contribution in [2.45, 2.75) is 6.61 Å². The number of benzene rings is 2. The van der Waals surface area contributed by atoms with Gasteiger partial charge in [0.25, 0.3) is 0 Å². The topological polar surface area (TPSA) is 20.2 Å². The summed E-state index contributed by atoms with van der Waals surface area (Å²) in [5.41, 5.74) is 2.90. The molecule has 0 aliphatic heterocycles. The van der Waals surface area contributed by atoms with Crippen LogP contribution in [0.1, 0.15) is 5.56 Å². The number of aliphatic hydroxyl groups is 1. The van der Waals surface area contributed by atoms with Gasteiger partial charge < -0.3 is 5.11 Å². The van der Waals surface area contributed by atoms with Crippen LogP contribution in [0.4, 0.5) is 0 Å². The third-order valence-electron chi connectivity index (χ3n) is 2.30. The minimum atomic E-state index is 0.0387. The summed E-state index contributed by atoms with van der Waals surface area (Å²) >= 11 is 6.11. The molecule has 0 aliphatic carbocycles. The van der Waals surface area contributed by atoms with E-state index in [2.05, 4.69) is 0 Å². The molecule has 1 nitrogen and oxygen atoms in total. The first-order valence-corrected chi connectivity index (χ1v) is 5.14. The average Bonchev–Trinajstić information content (AvgIpc) is 2.31. The summed E-state index contributed by atoms with van der Waals surface area (Å²) in [4.78, 5) is 0. The Bertz CT molecular complexity index is 451. The van der Waals surface area contributed by atoms with Crippen molar-refractivity contribution >= 4 is 11.6 Å². The maximum Gasteiger partial charge on any atom is 0.0682 e. The molecule has 0 fully saturated rings. The van der Waals surface area contributed by atoms with Crippen LogP contribution in [0.2, 0.25) is 5.02 Å². The highest BCUT2D eigenvalue weighted by Crippen LogP contribution is 2.28. The SMILES string of the molecule is OCc1ccc(Cl)c(-c2ccccc2)c1. The van der Waals surface area contributed by atoms with Crippen LogP contribution < -0.4 is 0 Å². The van der Waals surface area contributed by atoms with E-state index in [0.717, 1.165) is 16.7 Å². The molecule has 0 bridgehead atoms. The Kier molecular flexibility index (Phi) is 3.05. The molecule has 0 radical (unpaired) electrons. The second-order valence-electron chi connectivity index (χ2n) is 3.34. The standard InChI is InChI=1S/C13H11ClO/c14-13-7-6-10(9-15)8-12(13)11-4-2-1-3-5-11/h1-8,15H,9H2. The molecule has 2 aromatic carbocycles. The maximum absolute atomic E-state index is 9.06. The Balaban J connectivity index is 2.52. The summed E-state index contributed by atoms with van der Waals surface area (Å²) in [6, 6.07) is 15.5. The van der Waals surface area contributed by atoms with E-state index in [4.69, 9.17) is 16.7 Å². The first kappa shape index (κ1) is 10.2. The molecule has 0 spiro atoms. The predicted molar refractivity (Wildman–Crippen MR) is 62.8 cm³/mol. The van der Waals surface area contributed by atoms with Crippen LogP contribution in [0.3, 0.4) is 0 Å². The van der Waals surface area contributed by atoms with Gasteiger partial charge in [-0.3, -0.25) is 0 Å². The highest BCUT2D eigenvalue weighted by molar-refractivity contribution is 6.33. The van der Waals surface area contributed by atoms with E-state index < -0.39 is 0 Å². The van der Waals surface area contributed by atoms with Gasteiger partial charge in [-0.25, -0.2) is 0 Å². The lowest BCUT2D eigenvalue weighted by Gasteiger charge is -2.06. The molecular weight excluding hydrogens is 208 g/mol. The third-order valence-corrected chi connectivity index (χ3v) is 2.63. The normalized spacial score (nSPS) is 10.3. The van der Waals surface area contributed by atoms with Crippen LogP contribution in [0.25, 0.3) is 11.1 Å². The lowest BCUT2D eigenvalue weighted by atomic mass is 10.0. The van der Waals surface area contributed by atoms with Crippen molar-refractivity contribution in [3.05, 3.63) is 59.1 Å². The fraction of sp³-hybridized carbons (Fsp3) is 0.0769. The molecule has 15 heavy (non-hydrogen) atoms. The lowest BCUT2D eigenvalue weighted by Crippen LogP contribution is -1.85. The van der Waals surface area contributed by atoms with Gasteiger partial charge in [0, 0.05) is 10.6 Å². The quantitative estimate of drug-likeness (QED) is 0.818. The summed E-state index contributed by atoms with van der Waals surface area (Å²) in [7, 11) is 0. The molecule has 0 amide bonds. The lowest BCUT2D eigenvalue weighted by molar-refractivity contribution is 0.282. The maximum atomic E-state index is 9.06. The molecule has 2 heteroatoms. The zero-order valence-corrected chi connectivity index (χ0v) is 8.91. The third kappa shape index (κ3) is 2.20. The molecule has 0 heterocycles. The van der Waals surface area contributed by atoms with Crippen LogP contribution >= 0.6 is 11.6 Å². The highest BCUT2D eigenvalue weighted by Gasteiger charge is 2.03. The van der Waals surface area contributed by atoms with E-state index in [9.17, 15) is 0 Å². The fourth-order valence-corrected chi connectivity index (χ4v) is 1.74.